The Balaban J connectivity index is 1.86. The van der Waals surface area contributed by atoms with E-state index in [9.17, 15) is 9.90 Å². The van der Waals surface area contributed by atoms with E-state index in [1.54, 1.807) is 7.11 Å². The topological polar surface area (TPSA) is 67.8 Å². The second-order valence-electron chi connectivity index (χ2n) is 5.10. The van der Waals surface area contributed by atoms with Gasteiger partial charge in [-0.25, -0.2) is 0 Å². The molecule has 1 aromatic rings. The third-order valence-electron chi connectivity index (χ3n) is 3.58. The third-order valence-corrected chi connectivity index (χ3v) is 3.58. The number of carbonyl (C=O) groups is 1. The smallest absolute Gasteiger partial charge is 0.224 e. The number of hydrogen-bond donors (Lipinski definition) is 2. The summed E-state index contributed by atoms with van der Waals surface area (Å²) < 4.78 is 10.4. The van der Waals surface area contributed by atoms with Crippen LogP contribution in [0.2, 0.25) is 0 Å². The summed E-state index contributed by atoms with van der Waals surface area (Å²) in [7, 11) is 1.58. The van der Waals surface area contributed by atoms with Gasteiger partial charge >= 0.3 is 0 Å². The van der Waals surface area contributed by atoms with Gasteiger partial charge in [-0.2, -0.15) is 0 Å². The first-order valence-corrected chi connectivity index (χ1v) is 6.82. The highest BCUT2D eigenvalue weighted by Gasteiger charge is 2.30. The van der Waals surface area contributed by atoms with Crippen LogP contribution in [0.1, 0.15) is 18.4 Å². The highest BCUT2D eigenvalue weighted by atomic mass is 16.5. The zero-order valence-corrected chi connectivity index (χ0v) is 11.7. The van der Waals surface area contributed by atoms with E-state index in [2.05, 4.69) is 5.32 Å². The lowest BCUT2D eigenvalue weighted by Gasteiger charge is -2.32. The van der Waals surface area contributed by atoms with E-state index in [1.165, 1.54) is 0 Å². The molecule has 2 rings (SSSR count). The van der Waals surface area contributed by atoms with Crippen LogP contribution in [0.5, 0.6) is 5.75 Å². The number of methoxy groups -OCH3 is 1. The van der Waals surface area contributed by atoms with Gasteiger partial charge in [0, 0.05) is 38.2 Å². The molecule has 0 saturated carbocycles. The van der Waals surface area contributed by atoms with Gasteiger partial charge in [-0.3, -0.25) is 4.79 Å². The molecule has 1 fully saturated rings. The molecule has 5 heteroatoms. The maximum atomic E-state index is 12.0. The molecular weight excluding hydrogens is 258 g/mol. The summed E-state index contributed by atoms with van der Waals surface area (Å²) in [4.78, 5) is 12.0. The van der Waals surface area contributed by atoms with Crippen LogP contribution in [0.15, 0.2) is 24.3 Å². The van der Waals surface area contributed by atoms with Crippen molar-refractivity contribution in [1.82, 2.24) is 5.32 Å². The maximum absolute atomic E-state index is 12.0. The van der Waals surface area contributed by atoms with Crippen molar-refractivity contribution in [3.8, 4) is 5.75 Å². The Morgan fingerprint density at radius 2 is 2.10 bits per heavy atom. The summed E-state index contributed by atoms with van der Waals surface area (Å²) in [5.41, 5.74) is 0.000715. The predicted octanol–water partition coefficient (Wildman–Crippen LogP) is 0.895. The highest BCUT2D eigenvalue weighted by Crippen LogP contribution is 2.20. The molecule has 1 heterocycles. The van der Waals surface area contributed by atoms with Gasteiger partial charge in [0.1, 0.15) is 5.75 Å². The van der Waals surface area contributed by atoms with Crippen LogP contribution in [0.25, 0.3) is 0 Å². The van der Waals surface area contributed by atoms with Crippen molar-refractivity contribution < 1.29 is 19.4 Å². The molecule has 1 aliphatic heterocycles. The van der Waals surface area contributed by atoms with Gasteiger partial charge in [-0.1, -0.05) is 18.2 Å². The van der Waals surface area contributed by atoms with E-state index in [1.807, 2.05) is 24.3 Å². The monoisotopic (exact) mass is 279 g/mol. The molecule has 0 atom stereocenters. The second-order valence-corrected chi connectivity index (χ2v) is 5.10. The number of amides is 1. The maximum Gasteiger partial charge on any atom is 0.224 e. The first-order valence-electron chi connectivity index (χ1n) is 6.82. The molecule has 2 N–H and O–H groups in total. The summed E-state index contributed by atoms with van der Waals surface area (Å²) >= 11 is 0. The average molecular weight is 279 g/mol. The predicted molar refractivity (Wildman–Crippen MR) is 74.7 cm³/mol. The molecule has 0 bridgehead atoms. The van der Waals surface area contributed by atoms with Crippen LogP contribution < -0.4 is 10.1 Å². The molecule has 0 unspecified atom stereocenters. The molecule has 0 aromatic heterocycles. The summed E-state index contributed by atoms with van der Waals surface area (Å²) in [6.45, 7) is 1.35. The molecule has 20 heavy (non-hydrogen) atoms. The van der Waals surface area contributed by atoms with Crippen LogP contribution in [0.4, 0.5) is 0 Å². The van der Waals surface area contributed by atoms with E-state index in [0.717, 1.165) is 5.56 Å². The van der Waals surface area contributed by atoms with Crippen molar-refractivity contribution in [3.05, 3.63) is 29.8 Å². The van der Waals surface area contributed by atoms with Crippen LogP contribution in [0.3, 0.4) is 0 Å². The van der Waals surface area contributed by atoms with Gasteiger partial charge in [-0.05, 0) is 6.07 Å². The van der Waals surface area contributed by atoms with Crippen LogP contribution >= 0.6 is 0 Å². The molecule has 110 valence electrons. The van der Waals surface area contributed by atoms with Crippen molar-refractivity contribution in [1.29, 1.82) is 0 Å². The van der Waals surface area contributed by atoms with Gasteiger partial charge < -0.3 is 19.9 Å². The van der Waals surface area contributed by atoms with Crippen LogP contribution in [0, 0.1) is 0 Å². The Kier molecular flexibility index (Phi) is 4.98. The minimum absolute atomic E-state index is 0.116. The Morgan fingerprint density at radius 3 is 2.80 bits per heavy atom. The zero-order chi connectivity index (χ0) is 14.4. The van der Waals surface area contributed by atoms with Crippen LogP contribution in [-0.4, -0.2) is 43.5 Å². The lowest BCUT2D eigenvalue weighted by Crippen LogP contribution is -2.46. The normalized spacial score (nSPS) is 17.5. The van der Waals surface area contributed by atoms with Crippen molar-refractivity contribution >= 4 is 5.91 Å². The lowest BCUT2D eigenvalue weighted by atomic mass is 9.94. The molecule has 1 saturated heterocycles. The van der Waals surface area contributed by atoms with Gasteiger partial charge in [0.2, 0.25) is 5.91 Å². The molecule has 0 radical (unpaired) electrons. The fourth-order valence-electron chi connectivity index (χ4n) is 2.28. The van der Waals surface area contributed by atoms with Crippen molar-refractivity contribution in [3.63, 3.8) is 0 Å². The van der Waals surface area contributed by atoms with Crippen molar-refractivity contribution in [2.75, 3.05) is 26.9 Å². The number of carbonyl (C=O) groups excluding carboxylic acids is 1. The second kappa shape index (κ2) is 6.72. The number of ether oxygens (including phenoxy) is 2. The molecule has 5 nitrogen and oxygen atoms in total. The first kappa shape index (κ1) is 14.8. The summed E-state index contributed by atoms with van der Waals surface area (Å²) in [5, 5.41) is 13.1. The highest BCUT2D eigenvalue weighted by molar-refractivity contribution is 5.79. The van der Waals surface area contributed by atoms with E-state index in [-0.39, 0.29) is 18.9 Å². The van der Waals surface area contributed by atoms with E-state index in [0.29, 0.717) is 31.8 Å². The number of nitrogens with one attached hydrogen (secondary N) is 1. The SMILES string of the molecule is COc1ccccc1CC(=O)NCC1(O)CCOCC1. The number of para-hydroxylation sites is 1. The van der Waals surface area contributed by atoms with E-state index < -0.39 is 5.60 Å². The minimum atomic E-state index is -0.839. The van der Waals surface area contributed by atoms with Gasteiger partial charge in [-0.15, -0.1) is 0 Å². The quantitative estimate of drug-likeness (QED) is 0.840. The van der Waals surface area contributed by atoms with Crippen molar-refractivity contribution in [2.45, 2.75) is 24.9 Å². The first-order chi connectivity index (χ1) is 9.63. The molecule has 1 aromatic carbocycles. The fourth-order valence-corrected chi connectivity index (χ4v) is 2.28. The summed E-state index contributed by atoms with van der Waals surface area (Å²) in [6.07, 6.45) is 1.36. The Hall–Kier alpha value is -1.59. The zero-order valence-electron chi connectivity index (χ0n) is 11.7. The standard InChI is InChI=1S/C15H21NO4/c1-19-13-5-3-2-4-12(13)10-14(17)16-11-15(18)6-8-20-9-7-15/h2-5,18H,6-11H2,1H3,(H,16,17). The number of aliphatic hydroxyl groups is 1. The summed E-state index contributed by atoms with van der Waals surface area (Å²) in [5.74, 6) is 0.585. The fraction of sp³-hybridized carbons (Fsp3) is 0.533. The van der Waals surface area contributed by atoms with E-state index >= 15 is 0 Å². The number of rotatable bonds is 5. The Labute approximate surface area is 118 Å². The Bertz CT molecular complexity index is 455. The largest absolute Gasteiger partial charge is 0.496 e. The van der Waals surface area contributed by atoms with Crippen molar-refractivity contribution in [2.24, 2.45) is 0 Å². The number of benzene rings is 1. The molecule has 0 spiro atoms. The average Bonchev–Trinajstić information content (AvgIpc) is 2.47. The molecule has 1 amide bonds. The van der Waals surface area contributed by atoms with E-state index in [4.69, 9.17) is 9.47 Å². The third kappa shape index (κ3) is 3.95. The van der Waals surface area contributed by atoms with Gasteiger partial charge in [0.05, 0.1) is 19.1 Å². The van der Waals surface area contributed by atoms with Gasteiger partial charge in [0.25, 0.3) is 0 Å². The molecule has 1 aliphatic rings. The van der Waals surface area contributed by atoms with Gasteiger partial charge in [0.15, 0.2) is 0 Å². The lowest BCUT2D eigenvalue weighted by molar-refractivity contribution is -0.123. The summed E-state index contributed by atoms with van der Waals surface area (Å²) in [6, 6.07) is 7.43. The minimum Gasteiger partial charge on any atom is -0.496 e. The number of hydrogen-bond acceptors (Lipinski definition) is 4. The molecule has 0 aliphatic carbocycles. The Morgan fingerprint density at radius 1 is 1.40 bits per heavy atom. The van der Waals surface area contributed by atoms with Crippen LogP contribution in [-0.2, 0) is 16.0 Å². The molecular formula is C15H21NO4.